The molecule has 0 saturated heterocycles. The topological polar surface area (TPSA) is 161 Å². The van der Waals surface area contributed by atoms with Crippen molar-refractivity contribution in [1.29, 1.82) is 0 Å². The van der Waals surface area contributed by atoms with Gasteiger partial charge in [0.1, 0.15) is 0 Å². The summed E-state index contributed by atoms with van der Waals surface area (Å²) in [5.41, 5.74) is 0. The summed E-state index contributed by atoms with van der Waals surface area (Å²) in [5, 5.41) is 36.3. The summed E-state index contributed by atoms with van der Waals surface area (Å²) in [6, 6.07) is 0. The molecule has 0 fully saturated rings. The van der Waals surface area contributed by atoms with Crippen LogP contribution in [0.4, 0.5) is 0 Å². The summed E-state index contributed by atoms with van der Waals surface area (Å²) in [7, 11) is 0. The van der Waals surface area contributed by atoms with Gasteiger partial charge in [0.15, 0.2) is 0 Å². The first-order valence-corrected chi connectivity index (χ1v) is 5.28. The van der Waals surface area contributed by atoms with E-state index in [-0.39, 0.29) is 51.9 Å². The van der Waals surface area contributed by atoms with Crippen molar-refractivity contribution >= 4 is 49.1 Å². The number of thiol groups is 2. The van der Waals surface area contributed by atoms with Crippen LogP contribution >= 0.6 is 25.3 Å². The number of hydrogen-bond acceptors (Lipinski definition) is 10. The fraction of sp³-hybridized carbons (Fsp3) is 0.500. The van der Waals surface area contributed by atoms with Gasteiger partial charge in [0.2, 0.25) is 0 Å². The molecule has 0 bridgehead atoms. The molecule has 0 aromatic rings. The maximum Gasteiger partial charge on any atom is 3.00 e. The minimum Gasteiger partial charge on any atom is -0.550 e. The Labute approximate surface area is 162 Å². The van der Waals surface area contributed by atoms with Crippen molar-refractivity contribution in [1.82, 2.24) is 0 Å². The Morgan fingerprint density at radius 1 is 0.750 bits per heavy atom. The van der Waals surface area contributed by atoms with Crippen molar-refractivity contribution in [2.24, 2.45) is 0 Å². The van der Waals surface area contributed by atoms with Crippen LogP contribution in [-0.4, -0.2) is 34.4 Å². The third kappa shape index (κ3) is 20.6. The van der Waals surface area contributed by atoms with Crippen LogP contribution in [0.15, 0.2) is 0 Å². The molecule has 2 unspecified atom stereocenters. The molecule has 0 N–H and O–H groups in total. The number of hydrogen-bond donors (Lipinski definition) is 2. The first kappa shape index (κ1) is 28.5. The van der Waals surface area contributed by atoms with Crippen LogP contribution in [0.1, 0.15) is 12.8 Å². The molecule has 0 aliphatic carbocycles. The minimum absolute atomic E-state index is 0. The Balaban J connectivity index is -0.000000116. The van der Waals surface area contributed by atoms with Gasteiger partial charge in [-0.15, -0.1) is 0 Å². The predicted molar refractivity (Wildman–Crippen MR) is 54.8 cm³/mol. The van der Waals surface area contributed by atoms with E-state index in [1.165, 1.54) is 0 Å². The van der Waals surface area contributed by atoms with Crippen LogP contribution in [0.3, 0.4) is 0 Å². The van der Waals surface area contributed by atoms with Crippen LogP contribution in [0, 0.1) is 0 Å². The molecular weight excluding hydrogens is 508 g/mol. The molecule has 0 rings (SSSR count). The Hall–Kier alpha value is 0.320. The second-order valence-electron chi connectivity index (χ2n) is 2.82. The van der Waals surface area contributed by atoms with Gasteiger partial charge in [-0.25, -0.2) is 0 Å². The van der Waals surface area contributed by atoms with Crippen LogP contribution in [-0.2, 0) is 41.6 Å². The van der Waals surface area contributed by atoms with Gasteiger partial charge in [0.05, 0.1) is 11.9 Å². The summed E-state index contributed by atoms with van der Waals surface area (Å²) >= 11 is 6.76. The monoisotopic (exact) mass is 516 g/mol. The van der Waals surface area contributed by atoms with Crippen LogP contribution < -0.4 is 50.0 Å². The maximum absolute atomic E-state index is 9.76. The van der Waals surface area contributed by atoms with Crippen LogP contribution in [0.25, 0.3) is 0 Å². The zero-order valence-electron chi connectivity index (χ0n) is 10.0. The normalized spacial score (nSPS) is 11.3. The standard InChI is InChI=1S/2C4H6O4S.Au.Na/c2*5-3(6)1-2(9)4(7)8;;/h2*2,9H,1H2,(H,5,6)(H,7,8);;/q;;+3;+1/p-4. The molecule has 0 aromatic heterocycles. The van der Waals surface area contributed by atoms with Gasteiger partial charge in [-0.05, 0) is 0 Å². The molecule has 0 amide bonds. The van der Waals surface area contributed by atoms with Crippen molar-refractivity contribution in [2.45, 2.75) is 23.3 Å². The first-order valence-electron chi connectivity index (χ1n) is 4.25. The van der Waals surface area contributed by atoms with Crippen LogP contribution in [0.5, 0.6) is 0 Å². The second kappa shape index (κ2) is 15.7. The van der Waals surface area contributed by atoms with E-state index in [9.17, 15) is 39.6 Å². The SMILES string of the molecule is O=C([O-])CC(S)C(=O)[O-].O=C([O-])CC(S)C(=O)[O-].[Au+3].[Na+]. The Bertz CT molecular complexity index is 308. The predicted octanol–water partition coefficient (Wildman–Crippen LogP) is -8.65. The van der Waals surface area contributed by atoms with Crippen molar-refractivity contribution in [3.05, 3.63) is 0 Å². The molecule has 0 spiro atoms. The molecule has 8 nitrogen and oxygen atoms in total. The maximum atomic E-state index is 9.76. The average molecular weight is 516 g/mol. The van der Waals surface area contributed by atoms with E-state index in [0.717, 1.165) is 0 Å². The van der Waals surface area contributed by atoms with Crippen LogP contribution in [0.2, 0.25) is 0 Å². The van der Waals surface area contributed by atoms with E-state index < -0.39 is 47.2 Å². The summed E-state index contributed by atoms with van der Waals surface area (Å²) in [5.74, 6) is -5.89. The average Bonchev–Trinajstić information content (AvgIpc) is 2.16. The summed E-state index contributed by atoms with van der Waals surface area (Å²) in [6.07, 6.45) is -1.24. The largest absolute Gasteiger partial charge is 3.00 e. The molecule has 112 valence electrons. The van der Waals surface area contributed by atoms with E-state index in [1.54, 1.807) is 0 Å². The quantitative estimate of drug-likeness (QED) is 0.260. The van der Waals surface area contributed by atoms with Crippen molar-refractivity contribution in [3.63, 3.8) is 0 Å². The Kier molecular flexibility index (Phi) is 22.4. The third-order valence-corrected chi connectivity index (χ3v) is 2.05. The van der Waals surface area contributed by atoms with Gasteiger partial charge in [-0.3, -0.25) is 0 Å². The van der Waals surface area contributed by atoms with Gasteiger partial charge >= 0.3 is 51.9 Å². The molecule has 0 aromatic carbocycles. The van der Waals surface area contributed by atoms with Gasteiger partial charge in [0, 0.05) is 35.3 Å². The minimum atomic E-state index is -1.50. The fourth-order valence-electron chi connectivity index (χ4n) is 0.482. The molecule has 20 heavy (non-hydrogen) atoms. The smallest absolute Gasteiger partial charge is 0.550 e. The molecular formula is C8H8AuNaO8S2. The van der Waals surface area contributed by atoms with E-state index >= 15 is 0 Å². The fourth-order valence-corrected chi connectivity index (χ4v) is 0.781. The Morgan fingerprint density at radius 2 is 0.950 bits per heavy atom. The van der Waals surface area contributed by atoms with Crippen molar-refractivity contribution in [3.8, 4) is 0 Å². The number of rotatable bonds is 6. The number of carbonyl (C=O) groups excluding carboxylic acids is 4. The molecule has 0 aliphatic rings. The zero-order valence-corrected chi connectivity index (χ0v) is 16.0. The molecule has 0 radical (unpaired) electrons. The molecule has 0 heterocycles. The van der Waals surface area contributed by atoms with E-state index in [1.807, 2.05) is 0 Å². The number of aliphatic carboxylic acids is 4. The van der Waals surface area contributed by atoms with E-state index in [2.05, 4.69) is 25.3 Å². The molecule has 0 saturated carbocycles. The number of carbonyl (C=O) groups is 4. The summed E-state index contributed by atoms with van der Waals surface area (Å²) in [6.45, 7) is 0. The number of carboxylic acids is 4. The second-order valence-corrected chi connectivity index (χ2v) is 4.07. The summed E-state index contributed by atoms with van der Waals surface area (Å²) in [4.78, 5) is 38.8. The van der Waals surface area contributed by atoms with Gasteiger partial charge in [-0.2, -0.15) is 25.3 Å². The van der Waals surface area contributed by atoms with Gasteiger partial charge in [-0.1, -0.05) is 0 Å². The van der Waals surface area contributed by atoms with Crippen molar-refractivity contribution in [2.75, 3.05) is 0 Å². The molecule has 12 heteroatoms. The molecule has 0 aliphatic heterocycles. The van der Waals surface area contributed by atoms with Crippen molar-refractivity contribution < 1.29 is 91.5 Å². The summed E-state index contributed by atoms with van der Waals surface area (Å²) < 4.78 is 0. The first-order chi connectivity index (χ1) is 8.07. The third-order valence-electron chi connectivity index (χ3n) is 1.26. The van der Waals surface area contributed by atoms with E-state index in [0.29, 0.717) is 0 Å². The zero-order chi connectivity index (χ0) is 14.9. The van der Waals surface area contributed by atoms with E-state index in [4.69, 9.17) is 0 Å². The Morgan fingerprint density at radius 3 is 1.00 bits per heavy atom. The van der Waals surface area contributed by atoms with Gasteiger partial charge in [0.25, 0.3) is 0 Å². The number of carboxylic acid groups (broad SMARTS) is 4. The molecule has 2 atom stereocenters. The van der Waals surface area contributed by atoms with Gasteiger partial charge < -0.3 is 39.6 Å².